The Morgan fingerprint density at radius 3 is 3.00 bits per heavy atom. The zero-order chi connectivity index (χ0) is 11.3. The Morgan fingerprint density at radius 1 is 1.67 bits per heavy atom. The zero-order valence-electron chi connectivity index (χ0n) is 9.16. The molecular formula is C10H17N3O2. The minimum atomic E-state index is -0.0771. The van der Waals surface area contributed by atoms with Crippen LogP contribution in [0.4, 0.5) is 5.69 Å². The molecule has 0 aliphatic rings. The number of nitrogens with one attached hydrogen (secondary N) is 1. The molecule has 1 heterocycles. The number of anilines is 1. The number of aromatic nitrogens is 2. The summed E-state index contributed by atoms with van der Waals surface area (Å²) >= 11 is 0. The number of carbonyl (C=O) groups is 1. The molecule has 0 saturated carbocycles. The van der Waals surface area contributed by atoms with Crippen LogP contribution >= 0.6 is 0 Å². The predicted octanol–water partition coefficient (Wildman–Crippen LogP) is 0.694. The Kier molecular flexibility index (Phi) is 4.30. The first-order valence-corrected chi connectivity index (χ1v) is 5.10. The molecule has 5 nitrogen and oxygen atoms in total. The molecule has 1 amide bonds. The van der Waals surface area contributed by atoms with Gasteiger partial charge in [0.1, 0.15) is 0 Å². The number of aryl methyl sites for hydroxylation is 2. The summed E-state index contributed by atoms with van der Waals surface area (Å²) in [4.78, 5) is 11.4. The first kappa shape index (κ1) is 11.7. The lowest BCUT2D eigenvalue weighted by Gasteiger charge is -2.02. The molecule has 1 aromatic heterocycles. The van der Waals surface area contributed by atoms with Crippen LogP contribution in [0.15, 0.2) is 6.20 Å². The van der Waals surface area contributed by atoms with Crippen molar-refractivity contribution in [1.29, 1.82) is 0 Å². The van der Waals surface area contributed by atoms with Crippen molar-refractivity contribution in [2.45, 2.75) is 26.2 Å². The van der Waals surface area contributed by atoms with Gasteiger partial charge in [0.2, 0.25) is 5.91 Å². The van der Waals surface area contributed by atoms with E-state index in [1.807, 2.05) is 14.0 Å². The third-order valence-electron chi connectivity index (χ3n) is 2.08. The Morgan fingerprint density at radius 2 is 2.40 bits per heavy atom. The molecule has 0 radical (unpaired) electrons. The van der Waals surface area contributed by atoms with Crippen molar-refractivity contribution in [3.63, 3.8) is 0 Å². The van der Waals surface area contributed by atoms with E-state index >= 15 is 0 Å². The topological polar surface area (TPSA) is 67.2 Å². The average Bonchev–Trinajstić information content (AvgIpc) is 2.55. The van der Waals surface area contributed by atoms with Crippen molar-refractivity contribution < 1.29 is 9.90 Å². The second-order valence-corrected chi connectivity index (χ2v) is 3.39. The quantitative estimate of drug-likeness (QED) is 0.753. The van der Waals surface area contributed by atoms with Gasteiger partial charge < -0.3 is 10.4 Å². The van der Waals surface area contributed by atoms with Crippen molar-refractivity contribution >= 4 is 11.6 Å². The number of aliphatic hydroxyl groups is 1. The molecule has 0 fully saturated rings. The van der Waals surface area contributed by atoms with Gasteiger partial charge in [0.25, 0.3) is 0 Å². The van der Waals surface area contributed by atoms with Gasteiger partial charge in [-0.1, -0.05) is 6.92 Å². The molecule has 2 N–H and O–H groups in total. The minimum absolute atomic E-state index is 0.0428. The largest absolute Gasteiger partial charge is 0.396 e. The molecule has 0 aromatic carbocycles. The standard InChI is InChI=1S/C10H17N3O2/c1-3-8-9(7-13(2)12-8)11-10(15)5-4-6-14/h7,14H,3-6H2,1-2H3,(H,11,15). The van der Waals surface area contributed by atoms with Gasteiger partial charge in [-0.15, -0.1) is 0 Å². The summed E-state index contributed by atoms with van der Waals surface area (Å²) < 4.78 is 1.68. The molecule has 1 aromatic rings. The maximum atomic E-state index is 11.4. The molecule has 1 rings (SSSR count). The fourth-order valence-corrected chi connectivity index (χ4v) is 1.35. The van der Waals surface area contributed by atoms with E-state index in [9.17, 15) is 4.79 Å². The number of amides is 1. The zero-order valence-corrected chi connectivity index (χ0v) is 9.16. The number of nitrogens with zero attached hydrogens (tertiary/aromatic N) is 2. The summed E-state index contributed by atoms with van der Waals surface area (Å²) in [5, 5.41) is 15.6. The van der Waals surface area contributed by atoms with Crippen LogP contribution in [0.3, 0.4) is 0 Å². The minimum Gasteiger partial charge on any atom is -0.396 e. The maximum absolute atomic E-state index is 11.4. The molecule has 0 saturated heterocycles. The third kappa shape index (κ3) is 3.36. The van der Waals surface area contributed by atoms with Crippen LogP contribution in [0.1, 0.15) is 25.5 Å². The Hall–Kier alpha value is -1.36. The smallest absolute Gasteiger partial charge is 0.224 e. The first-order valence-electron chi connectivity index (χ1n) is 5.10. The van der Waals surface area contributed by atoms with E-state index in [-0.39, 0.29) is 12.5 Å². The number of rotatable bonds is 5. The van der Waals surface area contributed by atoms with E-state index in [0.717, 1.165) is 17.8 Å². The fourth-order valence-electron chi connectivity index (χ4n) is 1.35. The van der Waals surface area contributed by atoms with E-state index < -0.39 is 0 Å². The van der Waals surface area contributed by atoms with Crippen LogP contribution in [0, 0.1) is 0 Å². The van der Waals surface area contributed by atoms with Gasteiger partial charge in [0.05, 0.1) is 11.4 Å². The molecule has 0 unspecified atom stereocenters. The highest BCUT2D eigenvalue weighted by atomic mass is 16.3. The first-order chi connectivity index (χ1) is 7.17. The highest BCUT2D eigenvalue weighted by Gasteiger charge is 2.08. The molecule has 5 heteroatoms. The van der Waals surface area contributed by atoms with Crippen LogP contribution in [-0.4, -0.2) is 27.4 Å². The Bertz CT molecular complexity index is 333. The molecule has 0 bridgehead atoms. The third-order valence-corrected chi connectivity index (χ3v) is 2.08. The summed E-state index contributed by atoms with van der Waals surface area (Å²) in [6, 6.07) is 0. The second kappa shape index (κ2) is 5.50. The molecular weight excluding hydrogens is 194 g/mol. The fraction of sp³-hybridized carbons (Fsp3) is 0.600. The molecule has 0 aliphatic heterocycles. The molecule has 0 aliphatic carbocycles. The Labute approximate surface area is 89.1 Å². The lowest BCUT2D eigenvalue weighted by atomic mass is 10.2. The second-order valence-electron chi connectivity index (χ2n) is 3.39. The van der Waals surface area contributed by atoms with E-state index in [1.54, 1.807) is 10.9 Å². The lowest BCUT2D eigenvalue weighted by molar-refractivity contribution is -0.116. The number of carbonyl (C=O) groups excluding carboxylic acids is 1. The monoisotopic (exact) mass is 211 g/mol. The number of hydrogen-bond acceptors (Lipinski definition) is 3. The summed E-state index contributed by atoms with van der Waals surface area (Å²) in [7, 11) is 1.82. The molecule has 0 atom stereocenters. The van der Waals surface area contributed by atoms with Crippen LogP contribution in [0.5, 0.6) is 0 Å². The summed E-state index contributed by atoms with van der Waals surface area (Å²) in [5.41, 5.74) is 1.65. The van der Waals surface area contributed by atoms with Gasteiger partial charge in [-0.3, -0.25) is 9.48 Å². The summed E-state index contributed by atoms with van der Waals surface area (Å²) in [6.07, 6.45) is 3.41. The van der Waals surface area contributed by atoms with E-state index in [1.165, 1.54) is 0 Å². The lowest BCUT2D eigenvalue weighted by Crippen LogP contribution is -2.12. The van der Waals surface area contributed by atoms with E-state index in [2.05, 4.69) is 10.4 Å². The number of aliphatic hydroxyl groups excluding tert-OH is 1. The molecule has 15 heavy (non-hydrogen) atoms. The van der Waals surface area contributed by atoms with E-state index in [0.29, 0.717) is 12.8 Å². The SMILES string of the molecule is CCc1nn(C)cc1NC(=O)CCCO. The van der Waals surface area contributed by atoms with Gasteiger partial charge in [-0.05, 0) is 12.8 Å². The maximum Gasteiger partial charge on any atom is 0.224 e. The van der Waals surface area contributed by atoms with Crippen LogP contribution in [0.2, 0.25) is 0 Å². The summed E-state index contributed by atoms with van der Waals surface area (Å²) in [6.45, 7) is 2.03. The van der Waals surface area contributed by atoms with Gasteiger partial charge in [-0.2, -0.15) is 5.10 Å². The Balaban J connectivity index is 2.59. The van der Waals surface area contributed by atoms with Crippen molar-refractivity contribution in [2.75, 3.05) is 11.9 Å². The van der Waals surface area contributed by atoms with Gasteiger partial charge >= 0.3 is 0 Å². The molecule has 0 spiro atoms. The average molecular weight is 211 g/mol. The predicted molar refractivity (Wildman–Crippen MR) is 57.5 cm³/mol. The van der Waals surface area contributed by atoms with Gasteiger partial charge in [0.15, 0.2) is 0 Å². The van der Waals surface area contributed by atoms with Crippen molar-refractivity contribution in [1.82, 2.24) is 9.78 Å². The van der Waals surface area contributed by atoms with Crippen molar-refractivity contribution in [2.24, 2.45) is 7.05 Å². The highest BCUT2D eigenvalue weighted by Crippen LogP contribution is 2.13. The summed E-state index contributed by atoms with van der Waals surface area (Å²) in [5.74, 6) is -0.0771. The normalized spacial score (nSPS) is 10.3. The van der Waals surface area contributed by atoms with Crippen LogP contribution < -0.4 is 5.32 Å². The van der Waals surface area contributed by atoms with Gasteiger partial charge in [-0.25, -0.2) is 0 Å². The van der Waals surface area contributed by atoms with Crippen LogP contribution in [0.25, 0.3) is 0 Å². The van der Waals surface area contributed by atoms with Crippen LogP contribution in [-0.2, 0) is 18.3 Å². The number of hydrogen-bond donors (Lipinski definition) is 2. The molecule has 84 valence electrons. The van der Waals surface area contributed by atoms with E-state index in [4.69, 9.17) is 5.11 Å². The van der Waals surface area contributed by atoms with Crippen molar-refractivity contribution in [3.8, 4) is 0 Å². The van der Waals surface area contributed by atoms with Crippen molar-refractivity contribution in [3.05, 3.63) is 11.9 Å². The van der Waals surface area contributed by atoms with Gasteiger partial charge in [0, 0.05) is 26.3 Å². The highest BCUT2D eigenvalue weighted by molar-refractivity contribution is 5.91.